The summed E-state index contributed by atoms with van der Waals surface area (Å²) in [4.78, 5) is 16.5. The van der Waals surface area contributed by atoms with Crippen molar-refractivity contribution in [3.8, 4) is 0 Å². The number of carbonyl (C=O) groups is 1. The minimum atomic E-state index is -0.379. The molecule has 3 rings (SSSR count). The van der Waals surface area contributed by atoms with Crippen LogP contribution in [0.15, 0.2) is 5.38 Å². The Labute approximate surface area is 105 Å². The van der Waals surface area contributed by atoms with E-state index >= 15 is 0 Å². The summed E-state index contributed by atoms with van der Waals surface area (Å²) < 4.78 is 4.89. The topological polar surface area (TPSA) is 39.2 Å². The normalized spacial score (nSPS) is 22.6. The fourth-order valence-corrected chi connectivity index (χ4v) is 3.89. The van der Waals surface area contributed by atoms with Crippen LogP contribution < -0.4 is 0 Å². The SMILES string of the molecule is COC(=O)C1(c2nc(C3CCCC3)cs2)CC1. The molecule has 2 saturated carbocycles. The van der Waals surface area contributed by atoms with Gasteiger partial charge in [-0.2, -0.15) is 0 Å². The van der Waals surface area contributed by atoms with Gasteiger partial charge in [-0.25, -0.2) is 4.98 Å². The van der Waals surface area contributed by atoms with Gasteiger partial charge in [0.05, 0.1) is 12.8 Å². The quantitative estimate of drug-likeness (QED) is 0.775. The Morgan fingerprint density at radius 1 is 1.47 bits per heavy atom. The van der Waals surface area contributed by atoms with Gasteiger partial charge in [0.15, 0.2) is 0 Å². The monoisotopic (exact) mass is 251 g/mol. The Kier molecular flexibility index (Phi) is 2.69. The van der Waals surface area contributed by atoms with Crippen LogP contribution in [-0.2, 0) is 14.9 Å². The lowest BCUT2D eigenvalue weighted by Crippen LogP contribution is -2.21. The summed E-state index contributed by atoms with van der Waals surface area (Å²) in [6, 6.07) is 0. The van der Waals surface area contributed by atoms with Crippen LogP contribution in [0.2, 0.25) is 0 Å². The van der Waals surface area contributed by atoms with E-state index in [1.807, 2.05) is 0 Å². The van der Waals surface area contributed by atoms with Crippen LogP contribution in [0.3, 0.4) is 0 Å². The number of rotatable bonds is 3. The number of thiazole rings is 1. The molecule has 2 aliphatic rings. The van der Waals surface area contributed by atoms with E-state index in [0.29, 0.717) is 5.92 Å². The van der Waals surface area contributed by atoms with E-state index in [1.165, 1.54) is 38.5 Å². The molecule has 2 fully saturated rings. The zero-order chi connectivity index (χ0) is 11.9. The molecule has 1 aromatic heterocycles. The summed E-state index contributed by atoms with van der Waals surface area (Å²) in [5.41, 5.74) is 0.827. The number of hydrogen-bond donors (Lipinski definition) is 0. The first-order valence-corrected chi connectivity index (χ1v) is 7.18. The number of hydrogen-bond acceptors (Lipinski definition) is 4. The highest BCUT2D eigenvalue weighted by Gasteiger charge is 2.55. The van der Waals surface area contributed by atoms with Crippen LogP contribution in [0.5, 0.6) is 0 Å². The zero-order valence-electron chi connectivity index (χ0n) is 10.1. The molecule has 2 aliphatic carbocycles. The van der Waals surface area contributed by atoms with Gasteiger partial charge in [0, 0.05) is 11.3 Å². The molecule has 0 spiro atoms. The lowest BCUT2D eigenvalue weighted by Gasteiger charge is -2.09. The Balaban J connectivity index is 1.83. The van der Waals surface area contributed by atoms with Crippen molar-refractivity contribution in [2.45, 2.75) is 49.9 Å². The van der Waals surface area contributed by atoms with Crippen molar-refractivity contribution in [3.63, 3.8) is 0 Å². The second-order valence-corrected chi connectivity index (χ2v) is 5.99. The van der Waals surface area contributed by atoms with E-state index in [1.54, 1.807) is 11.3 Å². The second-order valence-electron chi connectivity index (χ2n) is 5.13. The van der Waals surface area contributed by atoms with Gasteiger partial charge < -0.3 is 4.74 Å². The molecule has 0 atom stereocenters. The summed E-state index contributed by atoms with van der Waals surface area (Å²) in [6.07, 6.45) is 6.96. The molecule has 0 radical (unpaired) electrons. The predicted molar refractivity (Wildman–Crippen MR) is 66.3 cm³/mol. The number of esters is 1. The Bertz CT molecular complexity index is 430. The maximum atomic E-state index is 11.8. The summed E-state index contributed by atoms with van der Waals surface area (Å²) in [5.74, 6) is 0.526. The highest BCUT2D eigenvalue weighted by atomic mass is 32.1. The molecule has 0 bridgehead atoms. The van der Waals surface area contributed by atoms with Crippen LogP contribution in [0.1, 0.15) is 55.1 Å². The van der Waals surface area contributed by atoms with Gasteiger partial charge in [-0.1, -0.05) is 12.8 Å². The third-order valence-corrected chi connectivity index (χ3v) is 5.10. The van der Waals surface area contributed by atoms with Gasteiger partial charge in [0.1, 0.15) is 10.4 Å². The van der Waals surface area contributed by atoms with Crippen molar-refractivity contribution < 1.29 is 9.53 Å². The minimum Gasteiger partial charge on any atom is -0.468 e. The molecular weight excluding hydrogens is 234 g/mol. The van der Waals surface area contributed by atoms with Crippen molar-refractivity contribution >= 4 is 17.3 Å². The van der Waals surface area contributed by atoms with Crippen molar-refractivity contribution in [1.82, 2.24) is 4.98 Å². The fraction of sp³-hybridized carbons (Fsp3) is 0.692. The maximum Gasteiger partial charge on any atom is 0.318 e. The summed E-state index contributed by atoms with van der Waals surface area (Å²) >= 11 is 1.64. The molecule has 0 amide bonds. The minimum absolute atomic E-state index is 0.107. The second kappa shape index (κ2) is 4.09. The van der Waals surface area contributed by atoms with E-state index in [-0.39, 0.29) is 11.4 Å². The summed E-state index contributed by atoms with van der Waals surface area (Å²) in [7, 11) is 1.47. The van der Waals surface area contributed by atoms with Gasteiger partial charge >= 0.3 is 5.97 Å². The van der Waals surface area contributed by atoms with E-state index in [2.05, 4.69) is 5.38 Å². The molecular formula is C13H17NO2S. The van der Waals surface area contributed by atoms with E-state index < -0.39 is 0 Å². The molecule has 1 heterocycles. The number of methoxy groups -OCH3 is 1. The fourth-order valence-electron chi connectivity index (χ4n) is 2.74. The molecule has 0 N–H and O–H groups in total. The van der Waals surface area contributed by atoms with Crippen LogP contribution >= 0.6 is 11.3 Å². The maximum absolute atomic E-state index is 11.8. The Morgan fingerprint density at radius 3 is 2.76 bits per heavy atom. The van der Waals surface area contributed by atoms with Crippen molar-refractivity contribution in [2.75, 3.05) is 7.11 Å². The molecule has 1 aromatic rings. The van der Waals surface area contributed by atoms with E-state index in [0.717, 1.165) is 17.8 Å². The first-order chi connectivity index (χ1) is 8.26. The van der Waals surface area contributed by atoms with Crippen molar-refractivity contribution in [1.29, 1.82) is 0 Å². The lowest BCUT2D eigenvalue weighted by atomic mass is 10.1. The first-order valence-electron chi connectivity index (χ1n) is 6.30. The van der Waals surface area contributed by atoms with E-state index in [4.69, 9.17) is 9.72 Å². The molecule has 0 aromatic carbocycles. The van der Waals surface area contributed by atoms with E-state index in [9.17, 15) is 4.79 Å². The molecule has 92 valence electrons. The molecule has 0 saturated heterocycles. The van der Waals surface area contributed by atoms with Gasteiger partial charge in [-0.3, -0.25) is 4.79 Å². The molecule has 3 nitrogen and oxygen atoms in total. The Hall–Kier alpha value is -0.900. The number of carbonyl (C=O) groups excluding carboxylic acids is 1. The molecule has 4 heteroatoms. The Morgan fingerprint density at radius 2 is 2.18 bits per heavy atom. The molecule has 0 aliphatic heterocycles. The first kappa shape index (κ1) is 11.2. The third-order valence-electron chi connectivity index (χ3n) is 4.03. The molecule has 0 unspecified atom stereocenters. The average Bonchev–Trinajstić information content (AvgIpc) is 2.84. The van der Waals surface area contributed by atoms with Crippen LogP contribution in [0, 0.1) is 0 Å². The summed E-state index contributed by atoms with van der Waals surface area (Å²) in [6.45, 7) is 0. The highest BCUT2D eigenvalue weighted by molar-refractivity contribution is 7.10. The van der Waals surface area contributed by atoms with Crippen molar-refractivity contribution in [2.24, 2.45) is 0 Å². The number of aromatic nitrogens is 1. The van der Waals surface area contributed by atoms with Gasteiger partial charge in [-0.15, -0.1) is 11.3 Å². The van der Waals surface area contributed by atoms with Crippen molar-refractivity contribution in [3.05, 3.63) is 16.1 Å². The lowest BCUT2D eigenvalue weighted by molar-refractivity contribution is -0.143. The van der Waals surface area contributed by atoms with Gasteiger partial charge in [0.25, 0.3) is 0 Å². The van der Waals surface area contributed by atoms with Crippen LogP contribution in [-0.4, -0.2) is 18.1 Å². The zero-order valence-corrected chi connectivity index (χ0v) is 10.9. The van der Waals surface area contributed by atoms with Gasteiger partial charge in [-0.05, 0) is 25.7 Å². The predicted octanol–water partition coefficient (Wildman–Crippen LogP) is 3.01. The third kappa shape index (κ3) is 1.79. The smallest absolute Gasteiger partial charge is 0.318 e. The van der Waals surface area contributed by atoms with Crippen LogP contribution in [0.4, 0.5) is 0 Å². The number of nitrogens with zero attached hydrogens (tertiary/aromatic N) is 1. The largest absolute Gasteiger partial charge is 0.468 e. The highest BCUT2D eigenvalue weighted by Crippen LogP contribution is 2.50. The standard InChI is InChI=1S/C13H17NO2S/c1-16-12(15)13(6-7-13)11-14-10(8-17-11)9-4-2-3-5-9/h8-9H,2-7H2,1H3. The van der Waals surface area contributed by atoms with Gasteiger partial charge in [0.2, 0.25) is 0 Å². The molecule has 17 heavy (non-hydrogen) atoms. The summed E-state index contributed by atoms with van der Waals surface area (Å²) in [5, 5.41) is 3.13. The average molecular weight is 251 g/mol. The number of ether oxygens (including phenoxy) is 1. The van der Waals surface area contributed by atoms with Crippen LogP contribution in [0.25, 0.3) is 0 Å².